The Labute approximate surface area is 130 Å². The van der Waals surface area contributed by atoms with Crippen molar-refractivity contribution < 1.29 is 19.1 Å². The van der Waals surface area contributed by atoms with E-state index in [0.29, 0.717) is 0 Å². The minimum Gasteiger partial charge on any atom is -0.466 e. The SMILES string of the molecule is [C-]#[N+]c1cc(CN(C)C(=O)OC(C)(C)C)ccc1C(=O)OC. The second kappa shape index (κ2) is 6.94. The van der Waals surface area contributed by atoms with E-state index in [1.807, 2.05) is 0 Å². The van der Waals surface area contributed by atoms with Gasteiger partial charge in [-0.3, -0.25) is 0 Å². The Morgan fingerprint density at radius 1 is 1.32 bits per heavy atom. The fourth-order valence-electron chi connectivity index (χ4n) is 1.73. The smallest absolute Gasteiger partial charge is 0.410 e. The molecule has 6 nitrogen and oxygen atoms in total. The largest absolute Gasteiger partial charge is 0.466 e. The van der Waals surface area contributed by atoms with Crippen LogP contribution in [0.2, 0.25) is 0 Å². The predicted molar refractivity (Wildman–Crippen MR) is 81.7 cm³/mol. The quantitative estimate of drug-likeness (QED) is 0.634. The lowest BCUT2D eigenvalue weighted by Crippen LogP contribution is -2.33. The molecule has 1 aromatic carbocycles. The molecule has 0 unspecified atom stereocenters. The highest BCUT2D eigenvalue weighted by atomic mass is 16.6. The summed E-state index contributed by atoms with van der Waals surface area (Å²) < 4.78 is 9.89. The van der Waals surface area contributed by atoms with Crippen molar-refractivity contribution in [2.75, 3.05) is 14.2 Å². The number of rotatable bonds is 3. The molecule has 1 amide bonds. The van der Waals surface area contributed by atoms with Gasteiger partial charge in [-0.1, -0.05) is 18.2 Å². The fourth-order valence-corrected chi connectivity index (χ4v) is 1.73. The first kappa shape index (κ1) is 17.5. The Balaban J connectivity index is 2.89. The zero-order chi connectivity index (χ0) is 16.9. The Kier molecular flexibility index (Phi) is 5.52. The molecule has 0 aromatic heterocycles. The summed E-state index contributed by atoms with van der Waals surface area (Å²) in [7, 11) is 2.88. The molecule has 0 aliphatic carbocycles. The van der Waals surface area contributed by atoms with Gasteiger partial charge in [0.05, 0.1) is 19.2 Å². The summed E-state index contributed by atoms with van der Waals surface area (Å²) >= 11 is 0. The topological polar surface area (TPSA) is 60.2 Å². The molecule has 118 valence electrons. The third kappa shape index (κ3) is 4.77. The molecule has 0 bridgehead atoms. The van der Waals surface area contributed by atoms with Gasteiger partial charge in [-0.05, 0) is 26.3 Å². The van der Waals surface area contributed by atoms with Crippen LogP contribution in [0.5, 0.6) is 0 Å². The van der Waals surface area contributed by atoms with Gasteiger partial charge in [-0.25, -0.2) is 14.4 Å². The van der Waals surface area contributed by atoms with Crippen LogP contribution in [0, 0.1) is 6.57 Å². The number of carbonyl (C=O) groups excluding carboxylic acids is 2. The van der Waals surface area contributed by atoms with Gasteiger partial charge in [0.15, 0.2) is 0 Å². The summed E-state index contributed by atoms with van der Waals surface area (Å²) in [5.41, 5.74) is 0.567. The highest BCUT2D eigenvalue weighted by molar-refractivity contribution is 5.96. The molecule has 1 rings (SSSR count). The summed E-state index contributed by atoms with van der Waals surface area (Å²) in [4.78, 5) is 28.2. The van der Waals surface area contributed by atoms with Crippen molar-refractivity contribution in [2.24, 2.45) is 0 Å². The van der Waals surface area contributed by atoms with E-state index >= 15 is 0 Å². The fraction of sp³-hybridized carbons (Fsp3) is 0.438. The van der Waals surface area contributed by atoms with Crippen molar-refractivity contribution in [3.05, 3.63) is 40.7 Å². The summed E-state index contributed by atoms with van der Waals surface area (Å²) in [6, 6.07) is 4.78. The van der Waals surface area contributed by atoms with Gasteiger partial charge >= 0.3 is 12.1 Å². The van der Waals surface area contributed by atoms with Crippen molar-refractivity contribution in [1.82, 2.24) is 4.90 Å². The second-order valence-electron chi connectivity index (χ2n) is 5.79. The van der Waals surface area contributed by atoms with Gasteiger partial charge in [0.2, 0.25) is 5.69 Å². The molecule has 0 N–H and O–H groups in total. The number of nitrogens with zero attached hydrogens (tertiary/aromatic N) is 2. The van der Waals surface area contributed by atoms with Crippen molar-refractivity contribution in [1.29, 1.82) is 0 Å². The van der Waals surface area contributed by atoms with Crippen LogP contribution in [0.15, 0.2) is 18.2 Å². The summed E-state index contributed by atoms with van der Waals surface area (Å²) in [6.45, 7) is 12.8. The van der Waals surface area contributed by atoms with E-state index in [-0.39, 0.29) is 17.8 Å². The van der Waals surface area contributed by atoms with Gasteiger partial charge < -0.3 is 14.4 Å². The first-order valence-electron chi connectivity index (χ1n) is 6.70. The van der Waals surface area contributed by atoms with Gasteiger partial charge in [0, 0.05) is 13.6 Å². The van der Waals surface area contributed by atoms with E-state index in [1.165, 1.54) is 18.1 Å². The lowest BCUT2D eigenvalue weighted by Gasteiger charge is -2.24. The lowest BCUT2D eigenvalue weighted by molar-refractivity contribution is 0.0284. The van der Waals surface area contributed by atoms with E-state index < -0.39 is 17.7 Å². The molecular formula is C16H20N2O4. The molecule has 0 saturated heterocycles. The highest BCUT2D eigenvalue weighted by Crippen LogP contribution is 2.23. The first-order valence-corrected chi connectivity index (χ1v) is 6.70. The number of methoxy groups -OCH3 is 1. The standard InChI is InChI=1S/C16H20N2O4/c1-16(2,3)22-15(20)18(5)10-11-7-8-12(14(19)21-6)13(9-11)17-4/h7-9H,10H2,1-3,5-6H3. The Bertz CT molecular complexity index is 612. The minimum absolute atomic E-state index is 0.196. The normalized spacial score (nSPS) is 10.5. The third-order valence-electron chi connectivity index (χ3n) is 2.71. The molecular weight excluding hydrogens is 284 g/mol. The number of hydrogen-bond acceptors (Lipinski definition) is 4. The maximum absolute atomic E-state index is 11.9. The van der Waals surface area contributed by atoms with E-state index in [0.717, 1.165) is 5.56 Å². The maximum Gasteiger partial charge on any atom is 0.410 e. The van der Waals surface area contributed by atoms with Crippen LogP contribution in [-0.4, -0.2) is 36.7 Å². The molecule has 0 spiro atoms. The molecule has 0 atom stereocenters. The number of hydrogen-bond donors (Lipinski definition) is 0. The van der Waals surface area contributed by atoms with Gasteiger partial charge in [-0.15, -0.1) is 0 Å². The van der Waals surface area contributed by atoms with Crippen LogP contribution >= 0.6 is 0 Å². The van der Waals surface area contributed by atoms with E-state index in [4.69, 9.17) is 11.3 Å². The number of amides is 1. The Hall–Kier alpha value is -2.55. The third-order valence-corrected chi connectivity index (χ3v) is 2.71. The van der Waals surface area contributed by atoms with E-state index in [1.54, 1.807) is 40.0 Å². The summed E-state index contributed by atoms with van der Waals surface area (Å²) in [6.07, 6.45) is -0.450. The molecule has 6 heteroatoms. The van der Waals surface area contributed by atoms with Crippen LogP contribution in [-0.2, 0) is 16.0 Å². The molecule has 0 heterocycles. The zero-order valence-electron chi connectivity index (χ0n) is 13.5. The van der Waals surface area contributed by atoms with Crippen LogP contribution in [0.25, 0.3) is 4.85 Å². The molecule has 22 heavy (non-hydrogen) atoms. The van der Waals surface area contributed by atoms with Gasteiger partial charge in [0.1, 0.15) is 5.60 Å². The monoisotopic (exact) mass is 304 g/mol. The molecule has 0 fully saturated rings. The predicted octanol–water partition coefficient (Wildman–Crippen LogP) is 3.39. The zero-order valence-corrected chi connectivity index (χ0v) is 13.5. The summed E-state index contributed by atoms with van der Waals surface area (Å²) in [5, 5.41) is 0. The molecule has 0 saturated carbocycles. The van der Waals surface area contributed by atoms with E-state index in [9.17, 15) is 9.59 Å². The van der Waals surface area contributed by atoms with E-state index in [2.05, 4.69) is 9.58 Å². The maximum atomic E-state index is 11.9. The lowest BCUT2D eigenvalue weighted by atomic mass is 10.1. The summed E-state index contributed by atoms with van der Waals surface area (Å²) in [5.74, 6) is -0.557. The van der Waals surface area contributed by atoms with Crippen LogP contribution in [0.1, 0.15) is 36.7 Å². The molecule has 0 aliphatic rings. The Morgan fingerprint density at radius 2 is 1.95 bits per heavy atom. The number of ether oxygens (including phenoxy) is 2. The van der Waals surface area contributed by atoms with Crippen molar-refractivity contribution in [3.63, 3.8) is 0 Å². The van der Waals surface area contributed by atoms with Gasteiger partial charge in [-0.2, -0.15) is 0 Å². The first-order chi connectivity index (χ1) is 10.2. The average molecular weight is 304 g/mol. The number of esters is 1. The van der Waals surface area contributed by atoms with Crippen molar-refractivity contribution >= 4 is 17.7 Å². The van der Waals surface area contributed by atoms with Crippen LogP contribution in [0.3, 0.4) is 0 Å². The van der Waals surface area contributed by atoms with Crippen molar-refractivity contribution in [3.8, 4) is 0 Å². The molecule has 0 aliphatic heterocycles. The minimum atomic E-state index is -0.568. The number of benzene rings is 1. The Morgan fingerprint density at radius 3 is 2.45 bits per heavy atom. The number of carbonyl (C=O) groups is 2. The highest BCUT2D eigenvalue weighted by Gasteiger charge is 2.20. The molecule has 0 radical (unpaired) electrons. The average Bonchev–Trinajstić information content (AvgIpc) is 2.44. The molecule has 1 aromatic rings. The second-order valence-corrected chi connectivity index (χ2v) is 5.79. The van der Waals surface area contributed by atoms with Crippen LogP contribution in [0.4, 0.5) is 10.5 Å². The van der Waals surface area contributed by atoms with Gasteiger partial charge in [0.25, 0.3) is 0 Å². The van der Waals surface area contributed by atoms with Crippen LogP contribution < -0.4 is 0 Å². The van der Waals surface area contributed by atoms with Crippen molar-refractivity contribution in [2.45, 2.75) is 32.9 Å².